The average molecular weight is 152 g/mol. The molecule has 0 aromatic heterocycles. The molecule has 0 fully saturated rings. The van der Waals surface area contributed by atoms with Gasteiger partial charge in [0, 0.05) is 0 Å². The van der Waals surface area contributed by atoms with Crippen molar-refractivity contribution < 1.29 is 0 Å². The summed E-state index contributed by atoms with van der Waals surface area (Å²) in [5, 5.41) is 7.10. The monoisotopic (exact) mass is 152 g/mol. The van der Waals surface area contributed by atoms with Gasteiger partial charge >= 0.3 is 0 Å². The van der Waals surface area contributed by atoms with Crippen LogP contribution < -0.4 is 10.7 Å². The first-order valence-corrected chi connectivity index (χ1v) is 3.85. The Hall–Kier alpha value is -0.830. The van der Waals surface area contributed by atoms with Gasteiger partial charge in [-0.1, -0.05) is 0 Å². The van der Waals surface area contributed by atoms with Gasteiger partial charge in [-0.05, 0) is 39.4 Å². The molecule has 0 saturated carbocycles. The second-order valence-electron chi connectivity index (χ2n) is 2.70. The summed E-state index contributed by atoms with van der Waals surface area (Å²) < 4.78 is 0. The molecule has 1 aliphatic heterocycles. The van der Waals surface area contributed by atoms with Crippen molar-refractivity contribution in [1.82, 2.24) is 10.7 Å². The van der Waals surface area contributed by atoms with Crippen LogP contribution in [0.1, 0.15) is 20.3 Å². The van der Waals surface area contributed by atoms with Gasteiger partial charge < -0.3 is 5.32 Å². The fraction of sp³-hybridized carbons (Fsp3) is 0.625. The fourth-order valence-corrected chi connectivity index (χ4v) is 1.14. The number of nitrogens with zero attached hydrogens (tertiary/aromatic N) is 2. The zero-order chi connectivity index (χ0) is 8.27. The highest BCUT2D eigenvalue weighted by molar-refractivity contribution is 6.00. The van der Waals surface area contributed by atoms with E-state index in [4.69, 9.17) is 0 Å². The Morgan fingerprint density at radius 3 is 2.55 bits per heavy atom. The SMILES string of the molecule is CNCCC1=C(C)[N]N=C1C. The highest BCUT2D eigenvalue weighted by atomic mass is 15.3. The van der Waals surface area contributed by atoms with E-state index in [2.05, 4.69) is 15.8 Å². The summed E-state index contributed by atoms with van der Waals surface area (Å²) in [6.07, 6.45) is 1.03. The molecule has 61 valence electrons. The first-order chi connectivity index (χ1) is 5.25. The summed E-state index contributed by atoms with van der Waals surface area (Å²) in [7, 11) is 1.95. The summed E-state index contributed by atoms with van der Waals surface area (Å²) in [5.41, 5.74) is 7.42. The minimum Gasteiger partial charge on any atom is -0.319 e. The Bertz CT molecular complexity index is 203. The number of nitrogens with one attached hydrogen (secondary N) is 1. The summed E-state index contributed by atoms with van der Waals surface area (Å²) in [6.45, 7) is 5.00. The number of hydrogen-bond acceptors (Lipinski definition) is 2. The van der Waals surface area contributed by atoms with Crippen molar-refractivity contribution in [2.24, 2.45) is 5.10 Å². The Labute approximate surface area is 67.6 Å². The lowest BCUT2D eigenvalue weighted by molar-refractivity contribution is 0.789. The normalized spacial score (nSPS) is 16.8. The first kappa shape index (κ1) is 8.27. The van der Waals surface area contributed by atoms with Crippen molar-refractivity contribution in [2.75, 3.05) is 13.6 Å². The van der Waals surface area contributed by atoms with Gasteiger partial charge in [-0.2, -0.15) is 10.5 Å². The van der Waals surface area contributed by atoms with E-state index in [-0.39, 0.29) is 0 Å². The third kappa shape index (κ3) is 1.80. The zero-order valence-electron chi connectivity index (χ0n) is 7.31. The highest BCUT2D eigenvalue weighted by Crippen LogP contribution is 2.14. The van der Waals surface area contributed by atoms with Crippen LogP contribution in [0, 0.1) is 0 Å². The molecule has 3 nitrogen and oxygen atoms in total. The number of rotatable bonds is 3. The van der Waals surface area contributed by atoms with Crippen LogP contribution in [0.25, 0.3) is 0 Å². The standard InChI is InChI=1S/C8H14N3/c1-6-8(4-5-9-3)7(2)11-10-6/h9H,4-5H2,1-3H3. The lowest BCUT2D eigenvalue weighted by Crippen LogP contribution is -2.10. The molecule has 0 atom stereocenters. The van der Waals surface area contributed by atoms with E-state index in [1.54, 1.807) is 0 Å². The van der Waals surface area contributed by atoms with E-state index >= 15 is 0 Å². The van der Waals surface area contributed by atoms with Gasteiger partial charge in [0.15, 0.2) is 0 Å². The minimum absolute atomic E-state index is 0.995. The molecule has 3 heteroatoms. The smallest absolute Gasteiger partial charge is 0.0650 e. The third-order valence-corrected chi connectivity index (χ3v) is 1.85. The van der Waals surface area contributed by atoms with Crippen molar-refractivity contribution >= 4 is 5.71 Å². The molecule has 0 bridgehead atoms. The molecule has 1 heterocycles. The molecule has 0 aromatic rings. The summed E-state index contributed by atoms with van der Waals surface area (Å²) in [6, 6.07) is 0. The molecule has 0 aromatic carbocycles. The molecule has 1 rings (SSSR count). The lowest BCUT2D eigenvalue weighted by atomic mass is 10.1. The molecule has 0 amide bonds. The van der Waals surface area contributed by atoms with Crippen molar-refractivity contribution in [3.63, 3.8) is 0 Å². The van der Waals surface area contributed by atoms with E-state index in [9.17, 15) is 0 Å². The van der Waals surface area contributed by atoms with Gasteiger partial charge in [0.25, 0.3) is 0 Å². The van der Waals surface area contributed by atoms with Crippen LogP contribution in [-0.4, -0.2) is 19.3 Å². The number of hydrogen-bond donors (Lipinski definition) is 1. The van der Waals surface area contributed by atoms with Crippen molar-refractivity contribution in [1.29, 1.82) is 0 Å². The summed E-state index contributed by atoms with van der Waals surface area (Å²) in [4.78, 5) is 0. The van der Waals surface area contributed by atoms with E-state index in [1.807, 2.05) is 20.9 Å². The molecule has 0 unspecified atom stereocenters. The van der Waals surface area contributed by atoms with Crippen LogP contribution in [0.4, 0.5) is 0 Å². The largest absolute Gasteiger partial charge is 0.319 e. The maximum Gasteiger partial charge on any atom is 0.0650 e. The van der Waals surface area contributed by atoms with Crippen LogP contribution >= 0.6 is 0 Å². The molecule has 0 aliphatic carbocycles. The molecular formula is C8H14N3. The van der Waals surface area contributed by atoms with E-state index in [0.717, 1.165) is 24.4 Å². The first-order valence-electron chi connectivity index (χ1n) is 3.85. The van der Waals surface area contributed by atoms with Crippen LogP contribution in [0.15, 0.2) is 16.4 Å². The number of allylic oxidation sites excluding steroid dienone is 1. The Kier molecular flexibility index (Phi) is 2.65. The third-order valence-electron chi connectivity index (χ3n) is 1.85. The van der Waals surface area contributed by atoms with Crippen LogP contribution in [0.5, 0.6) is 0 Å². The molecule has 11 heavy (non-hydrogen) atoms. The van der Waals surface area contributed by atoms with E-state index in [0.29, 0.717) is 0 Å². The van der Waals surface area contributed by atoms with E-state index in [1.165, 1.54) is 5.57 Å². The molecular weight excluding hydrogens is 138 g/mol. The van der Waals surface area contributed by atoms with Crippen molar-refractivity contribution in [3.05, 3.63) is 11.3 Å². The maximum absolute atomic E-state index is 3.99. The Balaban J connectivity index is 2.54. The lowest BCUT2D eigenvalue weighted by Gasteiger charge is -2.01. The summed E-state index contributed by atoms with van der Waals surface area (Å²) >= 11 is 0. The second-order valence-corrected chi connectivity index (χ2v) is 2.70. The molecule has 1 N–H and O–H groups in total. The van der Waals surface area contributed by atoms with Gasteiger partial charge in [0.05, 0.1) is 11.4 Å². The average Bonchev–Trinajstić information content (AvgIpc) is 2.29. The van der Waals surface area contributed by atoms with E-state index < -0.39 is 0 Å². The van der Waals surface area contributed by atoms with Crippen LogP contribution in [-0.2, 0) is 0 Å². The molecule has 0 spiro atoms. The predicted molar refractivity (Wildman–Crippen MR) is 46.5 cm³/mol. The van der Waals surface area contributed by atoms with Gasteiger partial charge in [-0.25, -0.2) is 0 Å². The maximum atomic E-state index is 3.99. The Morgan fingerprint density at radius 2 is 2.09 bits per heavy atom. The molecule has 1 radical (unpaired) electrons. The quantitative estimate of drug-likeness (QED) is 0.640. The van der Waals surface area contributed by atoms with Crippen LogP contribution in [0.3, 0.4) is 0 Å². The molecule has 0 saturated heterocycles. The van der Waals surface area contributed by atoms with Crippen molar-refractivity contribution in [3.8, 4) is 0 Å². The predicted octanol–water partition coefficient (Wildman–Crippen LogP) is 0.864. The minimum atomic E-state index is 0.995. The van der Waals surface area contributed by atoms with Crippen LogP contribution in [0.2, 0.25) is 0 Å². The topological polar surface area (TPSA) is 38.5 Å². The second kappa shape index (κ2) is 3.53. The summed E-state index contributed by atoms with van der Waals surface area (Å²) in [5.74, 6) is 0. The highest BCUT2D eigenvalue weighted by Gasteiger charge is 2.12. The van der Waals surface area contributed by atoms with Gasteiger partial charge in [-0.15, -0.1) is 0 Å². The fourth-order valence-electron chi connectivity index (χ4n) is 1.14. The van der Waals surface area contributed by atoms with Crippen molar-refractivity contribution in [2.45, 2.75) is 20.3 Å². The molecule has 1 aliphatic rings. The zero-order valence-corrected chi connectivity index (χ0v) is 7.31. The Morgan fingerprint density at radius 1 is 1.36 bits per heavy atom. The van der Waals surface area contributed by atoms with Gasteiger partial charge in [0.2, 0.25) is 0 Å². The van der Waals surface area contributed by atoms with Gasteiger partial charge in [-0.3, -0.25) is 0 Å². The van der Waals surface area contributed by atoms with Gasteiger partial charge in [0.1, 0.15) is 0 Å².